The molecule has 0 amide bonds. The van der Waals surface area contributed by atoms with E-state index < -0.39 is 0 Å². The second-order valence-corrected chi connectivity index (χ2v) is 5.82. The SMILES string of the molecule is C=C(C)[C@@H]1CC=C2CCC(=O)[C@H](C)[C@@]2(C)C1. The van der Waals surface area contributed by atoms with Gasteiger partial charge in [-0.25, -0.2) is 0 Å². The molecule has 0 aromatic heterocycles. The van der Waals surface area contributed by atoms with Crippen molar-refractivity contribution < 1.29 is 4.79 Å². The van der Waals surface area contributed by atoms with Gasteiger partial charge in [0.2, 0.25) is 0 Å². The van der Waals surface area contributed by atoms with Crippen molar-refractivity contribution >= 4 is 5.78 Å². The quantitative estimate of drug-likeness (QED) is 0.610. The second kappa shape index (κ2) is 3.87. The monoisotopic (exact) mass is 218 g/mol. The van der Waals surface area contributed by atoms with Crippen molar-refractivity contribution in [3.05, 3.63) is 23.8 Å². The summed E-state index contributed by atoms with van der Waals surface area (Å²) in [7, 11) is 0. The van der Waals surface area contributed by atoms with Crippen molar-refractivity contribution in [3.63, 3.8) is 0 Å². The van der Waals surface area contributed by atoms with Gasteiger partial charge in [-0.05, 0) is 37.5 Å². The molecule has 0 heterocycles. The maximum Gasteiger partial charge on any atom is 0.136 e. The fourth-order valence-corrected chi connectivity index (χ4v) is 3.29. The summed E-state index contributed by atoms with van der Waals surface area (Å²) in [5.41, 5.74) is 2.90. The minimum atomic E-state index is 0.108. The van der Waals surface area contributed by atoms with Crippen LogP contribution in [0.1, 0.15) is 46.5 Å². The fourth-order valence-electron chi connectivity index (χ4n) is 3.29. The van der Waals surface area contributed by atoms with E-state index in [1.807, 2.05) is 0 Å². The van der Waals surface area contributed by atoms with Gasteiger partial charge in [-0.1, -0.05) is 37.6 Å². The Morgan fingerprint density at radius 2 is 2.19 bits per heavy atom. The summed E-state index contributed by atoms with van der Waals surface area (Å²) in [6.45, 7) is 10.6. The van der Waals surface area contributed by atoms with Crippen LogP contribution in [0.4, 0.5) is 0 Å². The van der Waals surface area contributed by atoms with Gasteiger partial charge in [-0.3, -0.25) is 4.79 Å². The van der Waals surface area contributed by atoms with Crippen molar-refractivity contribution in [2.24, 2.45) is 17.3 Å². The highest BCUT2D eigenvalue weighted by Crippen LogP contribution is 2.51. The Labute approximate surface area is 98.6 Å². The second-order valence-electron chi connectivity index (χ2n) is 5.82. The molecule has 2 aliphatic carbocycles. The first-order chi connectivity index (χ1) is 7.45. The third-order valence-corrected chi connectivity index (χ3v) is 4.83. The molecule has 1 heteroatoms. The fraction of sp³-hybridized carbons (Fsp3) is 0.667. The summed E-state index contributed by atoms with van der Waals surface area (Å²) < 4.78 is 0. The maximum absolute atomic E-state index is 11.9. The molecule has 0 aromatic carbocycles. The van der Waals surface area contributed by atoms with Crippen LogP contribution in [-0.2, 0) is 4.79 Å². The lowest BCUT2D eigenvalue weighted by Gasteiger charge is -2.46. The van der Waals surface area contributed by atoms with Gasteiger partial charge in [0, 0.05) is 12.3 Å². The highest BCUT2D eigenvalue weighted by atomic mass is 16.1. The minimum absolute atomic E-state index is 0.108. The van der Waals surface area contributed by atoms with Gasteiger partial charge < -0.3 is 0 Å². The van der Waals surface area contributed by atoms with E-state index in [9.17, 15) is 4.79 Å². The first-order valence-corrected chi connectivity index (χ1v) is 6.33. The van der Waals surface area contributed by atoms with Crippen LogP contribution < -0.4 is 0 Å². The molecule has 2 aliphatic rings. The lowest BCUT2D eigenvalue weighted by molar-refractivity contribution is -0.127. The molecule has 1 saturated carbocycles. The molecular weight excluding hydrogens is 196 g/mol. The molecule has 0 aromatic rings. The highest BCUT2D eigenvalue weighted by molar-refractivity contribution is 5.83. The van der Waals surface area contributed by atoms with E-state index in [0.717, 1.165) is 25.7 Å². The van der Waals surface area contributed by atoms with Crippen molar-refractivity contribution in [2.75, 3.05) is 0 Å². The zero-order chi connectivity index (χ0) is 11.9. The molecule has 0 aliphatic heterocycles. The van der Waals surface area contributed by atoms with Crippen LogP contribution in [-0.4, -0.2) is 5.78 Å². The van der Waals surface area contributed by atoms with E-state index in [1.165, 1.54) is 11.1 Å². The molecule has 2 rings (SSSR count). The maximum atomic E-state index is 11.9. The smallest absolute Gasteiger partial charge is 0.136 e. The molecule has 0 N–H and O–H groups in total. The number of Topliss-reactive ketones (excluding diaryl/α,β-unsaturated/α-hetero) is 1. The lowest BCUT2D eigenvalue weighted by Crippen LogP contribution is -2.41. The zero-order valence-electron chi connectivity index (χ0n) is 10.7. The number of allylic oxidation sites excluding steroid dienone is 3. The zero-order valence-corrected chi connectivity index (χ0v) is 10.7. The first-order valence-electron chi connectivity index (χ1n) is 6.33. The predicted molar refractivity (Wildman–Crippen MR) is 67.1 cm³/mol. The van der Waals surface area contributed by atoms with Gasteiger partial charge in [0.05, 0.1) is 0 Å². The largest absolute Gasteiger partial charge is 0.299 e. The summed E-state index contributed by atoms with van der Waals surface area (Å²) in [5.74, 6) is 1.21. The average molecular weight is 218 g/mol. The summed E-state index contributed by atoms with van der Waals surface area (Å²) in [6.07, 6.45) is 6.36. The third-order valence-electron chi connectivity index (χ3n) is 4.83. The van der Waals surface area contributed by atoms with Gasteiger partial charge >= 0.3 is 0 Å². The normalized spacial score (nSPS) is 38.9. The van der Waals surface area contributed by atoms with Gasteiger partial charge in [0.15, 0.2) is 0 Å². The van der Waals surface area contributed by atoms with E-state index in [4.69, 9.17) is 0 Å². The minimum Gasteiger partial charge on any atom is -0.299 e. The number of hydrogen-bond acceptors (Lipinski definition) is 1. The van der Waals surface area contributed by atoms with Crippen LogP contribution >= 0.6 is 0 Å². The highest BCUT2D eigenvalue weighted by Gasteiger charge is 2.44. The number of fused-ring (bicyclic) bond motifs is 1. The molecule has 0 unspecified atom stereocenters. The van der Waals surface area contributed by atoms with Crippen LogP contribution in [0.15, 0.2) is 23.8 Å². The third kappa shape index (κ3) is 1.66. The molecule has 1 fully saturated rings. The first kappa shape index (κ1) is 11.6. The molecule has 16 heavy (non-hydrogen) atoms. The van der Waals surface area contributed by atoms with Crippen LogP contribution in [0.3, 0.4) is 0 Å². The van der Waals surface area contributed by atoms with E-state index >= 15 is 0 Å². The topological polar surface area (TPSA) is 17.1 Å². The van der Waals surface area contributed by atoms with E-state index in [2.05, 4.69) is 33.4 Å². The molecule has 0 radical (unpaired) electrons. The number of rotatable bonds is 1. The number of ketones is 1. The van der Waals surface area contributed by atoms with Crippen LogP contribution in [0.2, 0.25) is 0 Å². The van der Waals surface area contributed by atoms with E-state index in [1.54, 1.807) is 0 Å². The van der Waals surface area contributed by atoms with Crippen molar-refractivity contribution in [1.82, 2.24) is 0 Å². The van der Waals surface area contributed by atoms with Crippen LogP contribution in [0.25, 0.3) is 0 Å². The Morgan fingerprint density at radius 1 is 1.50 bits per heavy atom. The average Bonchev–Trinajstić information content (AvgIpc) is 2.24. The molecule has 0 saturated heterocycles. The Kier molecular flexibility index (Phi) is 2.81. The van der Waals surface area contributed by atoms with Gasteiger partial charge in [-0.15, -0.1) is 0 Å². The predicted octanol–water partition coefficient (Wildman–Crippen LogP) is 3.90. The van der Waals surface area contributed by atoms with Gasteiger partial charge in [0.1, 0.15) is 5.78 Å². The van der Waals surface area contributed by atoms with Crippen LogP contribution in [0, 0.1) is 17.3 Å². The number of carbonyl (C=O) groups excluding carboxylic acids is 1. The molecule has 1 nitrogen and oxygen atoms in total. The Balaban J connectivity index is 2.32. The summed E-state index contributed by atoms with van der Waals surface area (Å²) >= 11 is 0. The molecule has 0 bridgehead atoms. The molecular formula is C15H22O. The molecule has 3 atom stereocenters. The van der Waals surface area contributed by atoms with Gasteiger partial charge in [0.25, 0.3) is 0 Å². The molecule has 88 valence electrons. The number of carbonyl (C=O) groups is 1. The van der Waals surface area contributed by atoms with Crippen molar-refractivity contribution in [3.8, 4) is 0 Å². The Morgan fingerprint density at radius 3 is 2.81 bits per heavy atom. The van der Waals surface area contributed by atoms with Crippen LogP contribution in [0.5, 0.6) is 0 Å². The van der Waals surface area contributed by atoms with E-state index in [0.29, 0.717) is 11.7 Å². The summed E-state index contributed by atoms with van der Waals surface area (Å²) in [5, 5.41) is 0. The summed E-state index contributed by atoms with van der Waals surface area (Å²) in [6, 6.07) is 0. The lowest BCUT2D eigenvalue weighted by atomic mass is 9.57. The molecule has 0 spiro atoms. The Bertz CT molecular complexity index is 364. The van der Waals surface area contributed by atoms with E-state index in [-0.39, 0.29) is 11.3 Å². The van der Waals surface area contributed by atoms with Crippen molar-refractivity contribution in [2.45, 2.75) is 46.5 Å². The van der Waals surface area contributed by atoms with Crippen molar-refractivity contribution in [1.29, 1.82) is 0 Å². The summed E-state index contributed by atoms with van der Waals surface area (Å²) in [4.78, 5) is 11.9. The standard InChI is InChI=1S/C15H22O/c1-10(2)12-5-6-13-7-8-14(16)11(3)15(13,4)9-12/h6,11-12H,1,5,7-9H2,2-4H3/t11-,12+,15+/m0/s1. The number of hydrogen-bond donors (Lipinski definition) is 0. The Hall–Kier alpha value is -0.850. The van der Waals surface area contributed by atoms with Gasteiger partial charge in [-0.2, -0.15) is 0 Å².